The number of cyclic esters (lactones) is 1. The zero-order chi connectivity index (χ0) is 19.8. The molecule has 1 saturated heterocycles. The normalized spacial score (nSPS) is 22.4. The van der Waals surface area contributed by atoms with Gasteiger partial charge in [0.2, 0.25) is 5.91 Å². The van der Waals surface area contributed by atoms with E-state index < -0.39 is 31.1 Å². The third-order valence-electron chi connectivity index (χ3n) is 3.39. The van der Waals surface area contributed by atoms with Gasteiger partial charge in [-0.2, -0.15) is 0 Å². The Hall–Kier alpha value is -1.39. The van der Waals surface area contributed by atoms with Crippen molar-refractivity contribution < 1.29 is 26.0 Å². The van der Waals surface area contributed by atoms with Gasteiger partial charge in [-0.3, -0.25) is 9.59 Å². The first-order valence-corrected chi connectivity index (χ1v) is 7.50. The molecular formula is C16H27NO4. The van der Waals surface area contributed by atoms with Gasteiger partial charge in [-0.1, -0.05) is 45.3 Å². The number of amides is 1. The molecule has 1 heterocycles. The number of ketones is 1. The standard InChI is InChI=1S/C16H27NO4/c1-2-3-4-5-6-7-8-9-13(18)12-15(19)17-14-10-11-21-16(14)20/h14H,2-12H2,1H3,(H,17,19)/t14-/m0/s1/i1T3,2T2. The molecule has 1 rings (SSSR count). The molecular weight excluding hydrogens is 270 g/mol. The van der Waals surface area contributed by atoms with Gasteiger partial charge in [-0.15, -0.1) is 0 Å². The monoisotopic (exact) mass is 307 g/mol. The Morgan fingerprint density at radius 1 is 1.29 bits per heavy atom. The van der Waals surface area contributed by atoms with Crippen LogP contribution in [0.15, 0.2) is 0 Å². The molecule has 0 aliphatic carbocycles. The van der Waals surface area contributed by atoms with Crippen molar-refractivity contribution >= 4 is 17.7 Å². The molecule has 0 aromatic heterocycles. The second-order valence-electron chi connectivity index (χ2n) is 5.24. The van der Waals surface area contributed by atoms with E-state index in [4.69, 9.17) is 11.6 Å². The fourth-order valence-electron chi connectivity index (χ4n) is 2.21. The van der Waals surface area contributed by atoms with E-state index in [2.05, 4.69) is 5.32 Å². The van der Waals surface area contributed by atoms with Crippen LogP contribution in [-0.4, -0.2) is 30.3 Å². The van der Waals surface area contributed by atoms with Gasteiger partial charge >= 0.3 is 5.97 Å². The second kappa shape index (κ2) is 10.4. The SMILES string of the molecule is [3H]C([3H])([3H])C([3H])([3H])CCCCCCCC(=O)CC(=O)N[C@H]1CCOC1=O. The van der Waals surface area contributed by atoms with Crippen LogP contribution in [0.25, 0.3) is 0 Å². The quantitative estimate of drug-likeness (QED) is 0.362. The molecule has 5 nitrogen and oxygen atoms in total. The molecule has 120 valence electrons. The number of hydrogen-bond acceptors (Lipinski definition) is 4. The Morgan fingerprint density at radius 3 is 2.67 bits per heavy atom. The number of carbonyl (C=O) groups is 3. The van der Waals surface area contributed by atoms with Crippen LogP contribution in [0.3, 0.4) is 0 Å². The topological polar surface area (TPSA) is 72.5 Å². The van der Waals surface area contributed by atoms with Gasteiger partial charge in [0.1, 0.15) is 11.8 Å². The average Bonchev–Trinajstić information content (AvgIpc) is 2.90. The number of nitrogens with one attached hydrogen (secondary N) is 1. The Balaban J connectivity index is 2.06. The minimum absolute atomic E-state index is 0.00774. The van der Waals surface area contributed by atoms with Crippen molar-refractivity contribution in [2.75, 3.05) is 6.61 Å². The number of Topliss-reactive ketones (excluding diaryl/α,β-unsaturated/α-hetero) is 1. The molecule has 0 spiro atoms. The molecule has 0 aromatic carbocycles. The lowest BCUT2D eigenvalue weighted by Crippen LogP contribution is -2.38. The minimum atomic E-state index is -2.60. The summed E-state index contributed by atoms with van der Waals surface area (Å²) in [7, 11) is 0. The molecule has 0 bridgehead atoms. The molecule has 1 aliphatic heterocycles. The summed E-state index contributed by atoms with van der Waals surface area (Å²) in [6.07, 6.45) is 1.65. The van der Waals surface area contributed by atoms with E-state index in [-0.39, 0.29) is 31.7 Å². The van der Waals surface area contributed by atoms with Crippen molar-refractivity contribution in [3.8, 4) is 0 Å². The van der Waals surface area contributed by atoms with Gasteiger partial charge in [0, 0.05) is 19.7 Å². The summed E-state index contributed by atoms with van der Waals surface area (Å²) in [6.45, 7) is -2.32. The number of hydrogen-bond donors (Lipinski definition) is 1. The minimum Gasteiger partial charge on any atom is -0.464 e. The molecule has 1 fully saturated rings. The Kier molecular flexibility index (Phi) is 5.53. The zero-order valence-electron chi connectivity index (χ0n) is 17.3. The van der Waals surface area contributed by atoms with E-state index in [9.17, 15) is 14.4 Å². The van der Waals surface area contributed by atoms with Crippen molar-refractivity contribution in [1.82, 2.24) is 5.32 Å². The fourth-order valence-corrected chi connectivity index (χ4v) is 2.21. The maximum absolute atomic E-state index is 11.8. The zero-order valence-corrected chi connectivity index (χ0v) is 12.3. The smallest absolute Gasteiger partial charge is 0.328 e. The average molecular weight is 307 g/mol. The van der Waals surface area contributed by atoms with E-state index in [1.54, 1.807) is 0 Å². The Bertz CT molecular complexity index is 507. The molecule has 1 N–H and O–H groups in total. The van der Waals surface area contributed by atoms with E-state index in [1.807, 2.05) is 0 Å². The summed E-state index contributed by atoms with van der Waals surface area (Å²) in [6, 6.07) is -0.647. The fraction of sp³-hybridized carbons (Fsp3) is 0.812. The summed E-state index contributed by atoms with van der Waals surface area (Å²) in [5.41, 5.74) is 0. The number of ether oxygens (including phenoxy) is 1. The summed E-state index contributed by atoms with van der Waals surface area (Å²) in [4.78, 5) is 34.7. The Morgan fingerprint density at radius 2 is 2.00 bits per heavy atom. The third kappa shape index (κ3) is 7.83. The molecule has 0 unspecified atom stereocenters. The molecule has 0 aromatic rings. The second-order valence-corrected chi connectivity index (χ2v) is 5.24. The first kappa shape index (κ1) is 11.2. The van der Waals surface area contributed by atoms with Gasteiger partial charge in [0.25, 0.3) is 0 Å². The predicted molar refractivity (Wildman–Crippen MR) is 79.7 cm³/mol. The van der Waals surface area contributed by atoms with Crippen molar-refractivity contribution in [3.05, 3.63) is 0 Å². The van der Waals surface area contributed by atoms with Crippen molar-refractivity contribution in [3.63, 3.8) is 0 Å². The molecule has 0 saturated carbocycles. The highest BCUT2D eigenvalue weighted by Crippen LogP contribution is 2.10. The lowest BCUT2D eigenvalue weighted by atomic mass is 10.1. The number of unbranched alkanes of at least 4 members (excludes halogenated alkanes) is 4. The maximum Gasteiger partial charge on any atom is 0.328 e. The largest absolute Gasteiger partial charge is 0.464 e. The number of rotatable bonds is 11. The molecule has 1 aliphatic rings. The predicted octanol–water partition coefficient (Wildman–Crippen LogP) is 2.52. The molecule has 0 radical (unpaired) electrons. The van der Waals surface area contributed by atoms with Crippen molar-refractivity contribution in [2.45, 2.75) is 77.1 Å². The van der Waals surface area contributed by atoms with Crippen LogP contribution >= 0.6 is 0 Å². The molecule has 5 heteroatoms. The van der Waals surface area contributed by atoms with Crippen LogP contribution in [0.2, 0.25) is 0 Å². The first-order chi connectivity index (χ1) is 12.0. The van der Waals surface area contributed by atoms with Crippen LogP contribution < -0.4 is 5.32 Å². The van der Waals surface area contributed by atoms with Gasteiger partial charge < -0.3 is 10.1 Å². The van der Waals surface area contributed by atoms with Crippen LogP contribution in [-0.2, 0) is 19.1 Å². The molecule has 21 heavy (non-hydrogen) atoms. The van der Waals surface area contributed by atoms with E-state index >= 15 is 0 Å². The van der Waals surface area contributed by atoms with Gasteiger partial charge in [-0.25, -0.2) is 4.79 Å². The number of carbonyl (C=O) groups excluding carboxylic acids is 3. The summed E-state index contributed by atoms with van der Waals surface area (Å²) >= 11 is 0. The summed E-state index contributed by atoms with van der Waals surface area (Å²) < 4.78 is 41.1. The highest BCUT2D eigenvalue weighted by atomic mass is 16.5. The van der Waals surface area contributed by atoms with E-state index in [0.717, 1.165) is 12.8 Å². The summed E-state index contributed by atoms with van der Waals surface area (Å²) in [5.74, 6) is -1.12. The lowest BCUT2D eigenvalue weighted by molar-refractivity contribution is -0.142. The van der Waals surface area contributed by atoms with E-state index in [1.165, 1.54) is 0 Å². The highest BCUT2D eigenvalue weighted by molar-refractivity contribution is 5.99. The van der Waals surface area contributed by atoms with E-state index in [0.29, 0.717) is 25.7 Å². The van der Waals surface area contributed by atoms with Gasteiger partial charge in [0.15, 0.2) is 0 Å². The van der Waals surface area contributed by atoms with Crippen molar-refractivity contribution in [2.24, 2.45) is 0 Å². The first-order valence-electron chi connectivity index (χ1n) is 10.0. The number of esters is 1. The van der Waals surface area contributed by atoms with Crippen LogP contribution in [0.1, 0.15) is 77.9 Å². The third-order valence-corrected chi connectivity index (χ3v) is 3.39. The molecule has 1 amide bonds. The van der Waals surface area contributed by atoms with Gasteiger partial charge in [0.05, 0.1) is 13.0 Å². The summed E-state index contributed by atoms with van der Waals surface area (Å²) in [5, 5.41) is 2.49. The lowest BCUT2D eigenvalue weighted by Gasteiger charge is -2.08. The van der Waals surface area contributed by atoms with Crippen molar-refractivity contribution in [1.29, 1.82) is 0 Å². The van der Waals surface area contributed by atoms with Crippen LogP contribution in [0, 0.1) is 0 Å². The Labute approximate surface area is 133 Å². The van der Waals surface area contributed by atoms with Crippen LogP contribution in [0.5, 0.6) is 0 Å². The maximum atomic E-state index is 11.8. The highest BCUT2D eigenvalue weighted by Gasteiger charge is 2.28. The van der Waals surface area contributed by atoms with Crippen LogP contribution in [0.4, 0.5) is 0 Å². The van der Waals surface area contributed by atoms with Gasteiger partial charge in [-0.05, 0) is 6.42 Å². The molecule has 1 atom stereocenters.